The van der Waals surface area contributed by atoms with Gasteiger partial charge in [-0.3, -0.25) is 19.7 Å². The van der Waals surface area contributed by atoms with E-state index in [1.165, 1.54) is 16.7 Å². The highest BCUT2D eigenvalue weighted by Gasteiger charge is 2.49. The van der Waals surface area contributed by atoms with E-state index in [2.05, 4.69) is 57.0 Å². The molecule has 0 saturated carbocycles. The molecule has 2 aliphatic heterocycles. The van der Waals surface area contributed by atoms with Crippen molar-refractivity contribution >= 4 is 5.91 Å². The molecular weight excluding hydrogens is 372 g/mol. The van der Waals surface area contributed by atoms with Crippen molar-refractivity contribution in [2.45, 2.75) is 19.5 Å². The Kier molecular flexibility index (Phi) is 5.05. The zero-order valence-corrected chi connectivity index (χ0v) is 17.2. The molecule has 2 saturated heterocycles. The van der Waals surface area contributed by atoms with Crippen LogP contribution in [-0.4, -0.2) is 45.3 Å². The Morgan fingerprint density at radius 3 is 2.57 bits per heavy atom. The molecule has 5 nitrogen and oxygen atoms in total. The summed E-state index contributed by atoms with van der Waals surface area (Å²) >= 11 is 0. The molecule has 0 bridgehead atoms. The van der Waals surface area contributed by atoms with Gasteiger partial charge in [-0.05, 0) is 47.7 Å². The third-order valence-corrected chi connectivity index (χ3v) is 6.56. The van der Waals surface area contributed by atoms with E-state index in [9.17, 15) is 4.79 Å². The number of nitrogens with zero attached hydrogens (tertiary/aromatic N) is 4. The molecule has 2 aromatic heterocycles. The molecule has 0 radical (unpaired) electrons. The highest BCUT2D eigenvalue weighted by molar-refractivity contribution is 5.94. The predicted molar refractivity (Wildman–Crippen MR) is 116 cm³/mol. The van der Waals surface area contributed by atoms with Gasteiger partial charge in [0.15, 0.2) is 0 Å². The van der Waals surface area contributed by atoms with Crippen LogP contribution >= 0.6 is 0 Å². The molecule has 152 valence electrons. The molecule has 2 fully saturated rings. The number of fused-ring (bicyclic) bond motifs is 1. The molecule has 2 aliphatic rings. The molecule has 0 spiro atoms. The fourth-order valence-corrected chi connectivity index (χ4v) is 5.20. The van der Waals surface area contributed by atoms with Gasteiger partial charge in [0.1, 0.15) is 0 Å². The summed E-state index contributed by atoms with van der Waals surface area (Å²) < 4.78 is 0. The molecule has 1 aromatic carbocycles. The molecule has 3 aromatic rings. The zero-order valence-electron chi connectivity index (χ0n) is 17.2. The fraction of sp³-hybridized carbons (Fsp3) is 0.320. The van der Waals surface area contributed by atoms with E-state index in [0.29, 0.717) is 11.8 Å². The molecular formula is C25H26N4O. The fourth-order valence-electron chi connectivity index (χ4n) is 5.20. The number of likely N-dealkylation sites (tertiary alicyclic amines) is 2. The molecule has 5 rings (SSSR count). The normalized spacial score (nSPS) is 23.5. The first kappa shape index (κ1) is 18.9. The second-order valence-corrected chi connectivity index (χ2v) is 8.47. The van der Waals surface area contributed by atoms with Crippen LogP contribution in [0.15, 0.2) is 73.3 Å². The van der Waals surface area contributed by atoms with Crippen LogP contribution < -0.4 is 0 Å². The van der Waals surface area contributed by atoms with Crippen LogP contribution in [0.2, 0.25) is 0 Å². The quantitative estimate of drug-likeness (QED) is 0.672. The summed E-state index contributed by atoms with van der Waals surface area (Å²) in [7, 11) is 0. The van der Waals surface area contributed by atoms with Gasteiger partial charge >= 0.3 is 0 Å². The smallest absolute Gasteiger partial charge is 0.254 e. The van der Waals surface area contributed by atoms with Crippen molar-refractivity contribution in [3.05, 3.63) is 95.6 Å². The number of pyridine rings is 2. The monoisotopic (exact) mass is 398 g/mol. The zero-order chi connectivity index (χ0) is 20.5. The summed E-state index contributed by atoms with van der Waals surface area (Å²) in [6, 6.07) is 16.4. The van der Waals surface area contributed by atoms with Crippen LogP contribution in [0.25, 0.3) is 0 Å². The maximum Gasteiger partial charge on any atom is 0.254 e. The van der Waals surface area contributed by atoms with Gasteiger partial charge in [0, 0.05) is 62.4 Å². The number of carbonyl (C=O) groups is 1. The Bertz CT molecular complexity index is 1020. The standard InChI is InChI=1S/C25H26N4O/c1-18-5-2-3-7-22(18)24-23-17-28(14-19-6-4-10-27-13-19)15-21(23)16-29(24)25(30)20-8-11-26-12-9-20/h2-13,21,23-24H,14-17H2,1H3/t21-,23-,24+/m0/s1. The van der Waals surface area contributed by atoms with Crippen molar-refractivity contribution < 1.29 is 4.79 Å². The molecule has 5 heteroatoms. The number of aryl methyl sites for hydroxylation is 1. The Hall–Kier alpha value is -3.05. The van der Waals surface area contributed by atoms with Crippen molar-refractivity contribution in [1.29, 1.82) is 0 Å². The van der Waals surface area contributed by atoms with E-state index in [0.717, 1.165) is 31.7 Å². The third kappa shape index (κ3) is 3.50. The van der Waals surface area contributed by atoms with Crippen molar-refractivity contribution in [2.75, 3.05) is 19.6 Å². The lowest BCUT2D eigenvalue weighted by Gasteiger charge is -2.31. The summed E-state index contributed by atoms with van der Waals surface area (Å²) in [6.45, 7) is 5.88. The number of carbonyl (C=O) groups excluding carboxylic acids is 1. The third-order valence-electron chi connectivity index (χ3n) is 6.56. The van der Waals surface area contributed by atoms with E-state index < -0.39 is 0 Å². The van der Waals surface area contributed by atoms with E-state index in [1.54, 1.807) is 12.4 Å². The van der Waals surface area contributed by atoms with Crippen LogP contribution in [0.1, 0.15) is 33.1 Å². The maximum absolute atomic E-state index is 13.4. The number of hydrogen-bond acceptors (Lipinski definition) is 4. The number of hydrogen-bond donors (Lipinski definition) is 0. The SMILES string of the molecule is Cc1ccccc1[C@@H]1[C@H]2CN(Cc3cccnc3)C[C@H]2CN1C(=O)c1ccncc1. The summed E-state index contributed by atoms with van der Waals surface area (Å²) in [6.07, 6.45) is 7.16. The second kappa shape index (κ2) is 8.00. The first-order valence-corrected chi connectivity index (χ1v) is 10.6. The van der Waals surface area contributed by atoms with E-state index in [1.807, 2.05) is 30.6 Å². The first-order valence-electron chi connectivity index (χ1n) is 10.6. The summed E-state index contributed by atoms with van der Waals surface area (Å²) in [5.41, 5.74) is 4.49. The van der Waals surface area contributed by atoms with Gasteiger partial charge in [0.05, 0.1) is 6.04 Å². The lowest BCUT2D eigenvalue weighted by Crippen LogP contribution is -2.36. The average Bonchev–Trinajstić information content (AvgIpc) is 3.32. The maximum atomic E-state index is 13.4. The van der Waals surface area contributed by atoms with Crippen LogP contribution in [0.5, 0.6) is 0 Å². The Morgan fingerprint density at radius 2 is 1.80 bits per heavy atom. The lowest BCUT2D eigenvalue weighted by molar-refractivity contribution is 0.0699. The molecule has 0 N–H and O–H groups in total. The van der Waals surface area contributed by atoms with Crippen molar-refractivity contribution in [2.24, 2.45) is 11.8 Å². The minimum atomic E-state index is 0.107. The van der Waals surface area contributed by atoms with Crippen LogP contribution in [0.4, 0.5) is 0 Å². The van der Waals surface area contributed by atoms with Gasteiger partial charge in [0.25, 0.3) is 5.91 Å². The molecule has 0 aliphatic carbocycles. The molecule has 3 atom stereocenters. The van der Waals surface area contributed by atoms with E-state index in [4.69, 9.17) is 0 Å². The predicted octanol–water partition coefficient (Wildman–Crippen LogP) is 3.73. The van der Waals surface area contributed by atoms with Crippen molar-refractivity contribution in [3.63, 3.8) is 0 Å². The van der Waals surface area contributed by atoms with Gasteiger partial charge in [-0.25, -0.2) is 0 Å². The molecule has 4 heterocycles. The highest BCUT2D eigenvalue weighted by Crippen LogP contribution is 2.46. The van der Waals surface area contributed by atoms with Crippen molar-refractivity contribution in [1.82, 2.24) is 19.8 Å². The van der Waals surface area contributed by atoms with Gasteiger partial charge in [-0.2, -0.15) is 0 Å². The number of amides is 1. The topological polar surface area (TPSA) is 49.3 Å². The Labute approximate surface area is 177 Å². The first-order chi connectivity index (χ1) is 14.7. The molecule has 1 amide bonds. The Balaban J connectivity index is 1.44. The number of aromatic nitrogens is 2. The average molecular weight is 399 g/mol. The van der Waals surface area contributed by atoms with Crippen LogP contribution in [0.3, 0.4) is 0 Å². The van der Waals surface area contributed by atoms with E-state index >= 15 is 0 Å². The minimum absolute atomic E-state index is 0.107. The number of benzene rings is 1. The van der Waals surface area contributed by atoms with Gasteiger partial charge in [-0.1, -0.05) is 30.3 Å². The van der Waals surface area contributed by atoms with Crippen molar-refractivity contribution in [3.8, 4) is 0 Å². The van der Waals surface area contributed by atoms with Gasteiger partial charge in [-0.15, -0.1) is 0 Å². The summed E-state index contributed by atoms with van der Waals surface area (Å²) in [5.74, 6) is 1.03. The van der Waals surface area contributed by atoms with E-state index in [-0.39, 0.29) is 11.9 Å². The molecule has 30 heavy (non-hydrogen) atoms. The van der Waals surface area contributed by atoms with Gasteiger partial charge in [0.2, 0.25) is 0 Å². The Morgan fingerprint density at radius 1 is 0.967 bits per heavy atom. The molecule has 0 unspecified atom stereocenters. The van der Waals surface area contributed by atoms with Gasteiger partial charge < -0.3 is 4.90 Å². The largest absolute Gasteiger partial charge is 0.331 e. The number of rotatable bonds is 4. The van der Waals surface area contributed by atoms with Crippen LogP contribution in [0, 0.1) is 18.8 Å². The highest BCUT2D eigenvalue weighted by atomic mass is 16.2. The summed E-state index contributed by atoms with van der Waals surface area (Å²) in [5, 5.41) is 0. The lowest BCUT2D eigenvalue weighted by atomic mass is 9.87. The minimum Gasteiger partial charge on any atom is -0.331 e. The van der Waals surface area contributed by atoms with Crippen LogP contribution in [-0.2, 0) is 6.54 Å². The second-order valence-electron chi connectivity index (χ2n) is 8.47. The summed E-state index contributed by atoms with van der Waals surface area (Å²) in [4.78, 5) is 26.4.